The van der Waals surface area contributed by atoms with Gasteiger partial charge in [0.1, 0.15) is 5.41 Å². The van der Waals surface area contributed by atoms with E-state index in [0.29, 0.717) is 6.54 Å². The third-order valence-corrected chi connectivity index (χ3v) is 3.09. The Morgan fingerprint density at radius 3 is 2.40 bits per heavy atom. The predicted molar refractivity (Wildman–Crippen MR) is 80.1 cm³/mol. The minimum Gasteiger partial charge on any atom is -0.353 e. The molecule has 0 aliphatic carbocycles. The van der Waals surface area contributed by atoms with E-state index in [1.54, 1.807) is 13.8 Å². The highest BCUT2D eigenvalue weighted by Gasteiger charge is 2.35. The zero-order valence-electron chi connectivity index (χ0n) is 12.9. The molecule has 0 aliphatic rings. The highest BCUT2D eigenvalue weighted by atomic mass is 16.2. The van der Waals surface area contributed by atoms with Gasteiger partial charge in [0.05, 0.1) is 0 Å². The van der Waals surface area contributed by atoms with Crippen molar-refractivity contribution in [3.63, 3.8) is 0 Å². The van der Waals surface area contributed by atoms with Crippen LogP contribution in [0.1, 0.15) is 38.8 Å². The smallest absolute Gasteiger partial charge is 0.235 e. The van der Waals surface area contributed by atoms with Gasteiger partial charge in [0.15, 0.2) is 0 Å². The van der Waals surface area contributed by atoms with E-state index in [1.807, 2.05) is 45.0 Å². The quantitative estimate of drug-likeness (QED) is 0.810. The highest BCUT2D eigenvalue weighted by Crippen LogP contribution is 2.16. The summed E-state index contributed by atoms with van der Waals surface area (Å²) in [6, 6.07) is 7.95. The van der Waals surface area contributed by atoms with E-state index < -0.39 is 5.41 Å². The average molecular weight is 276 g/mol. The molecule has 2 N–H and O–H groups in total. The third kappa shape index (κ3) is 4.37. The summed E-state index contributed by atoms with van der Waals surface area (Å²) >= 11 is 0. The minimum absolute atomic E-state index is 0.0198. The van der Waals surface area contributed by atoms with Gasteiger partial charge in [0.2, 0.25) is 11.8 Å². The molecule has 0 atom stereocenters. The van der Waals surface area contributed by atoms with Crippen molar-refractivity contribution in [1.82, 2.24) is 10.6 Å². The van der Waals surface area contributed by atoms with E-state index in [1.165, 1.54) is 0 Å². The molecule has 4 heteroatoms. The summed E-state index contributed by atoms with van der Waals surface area (Å²) in [7, 11) is 0. The first-order valence-electron chi connectivity index (χ1n) is 6.88. The van der Waals surface area contributed by atoms with Gasteiger partial charge in [-0.05, 0) is 40.2 Å². The fourth-order valence-corrected chi connectivity index (χ4v) is 1.77. The third-order valence-electron chi connectivity index (χ3n) is 3.09. The van der Waals surface area contributed by atoms with Gasteiger partial charge in [-0.25, -0.2) is 0 Å². The van der Waals surface area contributed by atoms with Crippen molar-refractivity contribution in [1.29, 1.82) is 0 Å². The van der Waals surface area contributed by atoms with Gasteiger partial charge in [-0.2, -0.15) is 0 Å². The molecule has 0 heterocycles. The predicted octanol–water partition coefficient (Wildman–Crippen LogP) is 2.16. The van der Waals surface area contributed by atoms with Crippen LogP contribution in [-0.4, -0.2) is 17.9 Å². The van der Waals surface area contributed by atoms with E-state index in [-0.39, 0.29) is 17.9 Å². The van der Waals surface area contributed by atoms with Gasteiger partial charge in [-0.15, -0.1) is 0 Å². The van der Waals surface area contributed by atoms with Gasteiger partial charge in [-0.1, -0.05) is 29.8 Å². The SMILES string of the molecule is Cc1cccc(CNC(=O)C(C)(C)C(=O)NC(C)C)c1. The van der Waals surface area contributed by atoms with Crippen LogP contribution in [0.15, 0.2) is 24.3 Å². The Kier molecular flexibility index (Phi) is 5.31. The van der Waals surface area contributed by atoms with Crippen LogP contribution in [0, 0.1) is 12.3 Å². The molecule has 0 saturated carbocycles. The maximum Gasteiger partial charge on any atom is 0.235 e. The molecule has 4 nitrogen and oxygen atoms in total. The number of aryl methyl sites for hydroxylation is 1. The lowest BCUT2D eigenvalue weighted by Crippen LogP contribution is -2.49. The summed E-state index contributed by atoms with van der Waals surface area (Å²) in [6.07, 6.45) is 0. The Hall–Kier alpha value is -1.84. The van der Waals surface area contributed by atoms with E-state index >= 15 is 0 Å². The molecule has 0 radical (unpaired) electrons. The Bertz CT molecular complexity index is 493. The molecule has 1 aromatic carbocycles. The molecule has 0 unspecified atom stereocenters. The number of carbonyl (C=O) groups excluding carboxylic acids is 2. The Morgan fingerprint density at radius 2 is 1.85 bits per heavy atom. The van der Waals surface area contributed by atoms with Crippen LogP contribution < -0.4 is 10.6 Å². The van der Waals surface area contributed by atoms with Crippen molar-refractivity contribution in [2.24, 2.45) is 5.41 Å². The summed E-state index contributed by atoms with van der Waals surface area (Å²) < 4.78 is 0. The topological polar surface area (TPSA) is 58.2 Å². The first-order chi connectivity index (χ1) is 9.23. The number of benzene rings is 1. The monoisotopic (exact) mass is 276 g/mol. The molecular formula is C16H24N2O2. The van der Waals surface area contributed by atoms with Gasteiger partial charge in [-0.3, -0.25) is 9.59 Å². The number of rotatable bonds is 5. The average Bonchev–Trinajstić information content (AvgIpc) is 2.35. The van der Waals surface area contributed by atoms with Crippen LogP contribution in [-0.2, 0) is 16.1 Å². The largest absolute Gasteiger partial charge is 0.353 e. The number of hydrogen-bond donors (Lipinski definition) is 2. The van der Waals surface area contributed by atoms with Crippen LogP contribution in [0.4, 0.5) is 0 Å². The van der Waals surface area contributed by atoms with Crippen LogP contribution in [0.5, 0.6) is 0 Å². The van der Waals surface area contributed by atoms with Crippen molar-refractivity contribution >= 4 is 11.8 Å². The van der Waals surface area contributed by atoms with Crippen LogP contribution >= 0.6 is 0 Å². The molecule has 0 bridgehead atoms. The summed E-state index contributed by atoms with van der Waals surface area (Å²) in [5.41, 5.74) is 1.10. The number of amides is 2. The summed E-state index contributed by atoms with van der Waals surface area (Å²) in [5, 5.41) is 5.59. The van der Waals surface area contributed by atoms with E-state index in [4.69, 9.17) is 0 Å². The molecule has 0 spiro atoms. The first-order valence-corrected chi connectivity index (χ1v) is 6.88. The normalized spacial score (nSPS) is 11.3. The first kappa shape index (κ1) is 16.2. The second-order valence-electron chi connectivity index (χ2n) is 5.92. The minimum atomic E-state index is -1.08. The number of hydrogen-bond acceptors (Lipinski definition) is 2. The summed E-state index contributed by atoms with van der Waals surface area (Å²) in [4.78, 5) is 24.2. The lowest BCUT2D eigenvalue weighted by molar-refractivity contribution is -0.141. The highest BCUT2D eigenvalue weighted by molar-refractivity contribution is 6.04. The van der Waals surface area contributed by atoms with Crippen molar-refractivity contribution in [2.75, 3.05) is 0 Å². The maximum atomic E-state index is 12.2. The molecule has 0 aliphatic heterocycles. The van der Waals surface area contributed by atoms with Gasteiger partial charge in [0.25, 0.3) is 0 Å². The second kappa shape index (κ2) is 6.55. The fraction of sp³-hybridized carbons (Fsp3) is 0.500. The van der Waals surface area contributed by atoms with Gasteiger partial charge >= 0.3 is 0 Å². The maximum absolute atomic E-state index is 12.2. The number of nitrogens with one attached hydrogen (secondary N) is 2. The van der Waals surface area contributed by atoms with Gasteiger partial charge < -0.3 is 10.6 Å². The van der Waals surface area contributed by atoms with E-state index in [2.05, 4.69) is 10.6 Å². The van der Waals surface area contributed by atoms with Crippen molar-refractivity contribution < 1.29 is 9.59 Å². The standard InChI is InChI=1S/C16H24N2O2/c1-11(2)18-15(20)16(4,5)14(19)17-10-13-8-6-7-12(3)9-13/h6-9,11H,10H2,1-5H3,(H,17,19)(H,18,20). The lowest BCUT2D eigenvalue weighted by Gasteiger charge is -2.24. The van der Waals surface area contributed by atoms with E-state index in [0.717, 1.165) is 11.1 Å². The molecule has 0 aromatic heterocycles. The van der Waals surface area contributed by atoms with Crippen LogP contribution in [0.3, 0.4) is 0 Å². The van der Waals surface area contributed by atoms with Crippen LogP contribution in [0.2, 0.25) is 0 Å². The van der Waals surface area contributed by atoms with Crippen LogP contribution in [0.25, 0.3) is 0 Å². The molecular weight excluding hydrogens is 252 g/mol. The summed E-state index contributed by atoms with van der Waals surface area (Å²) in [5.74, 6) is -0.522. The molecule has 20 heavy (non-hydrogen) atoms. The molecule has 2 amide bonds. The zero-order valence-corrected chi connectivity index (χ0v) is 12.9. The van der Waals surface area contributed by atoms with E-state index in [9.17, 15) is 9.59 Å². The molecule has 110 valence electrons. The summed E-state index contributed by atoms with van der Waals surface area (Å²) in [6.45, 7) is 9.45. The molecule has 0 saturated heterocycles. The Labute approximate surface area is 121 Å². The number of carbonyl (C=O) groups is 2. The Balaban J connectivity index is 2.63. The Morgan fingerprint density at radius 1 is 1.20 bits per heavy atom. The molecule has 0 fully saturated rings. The fourth-order valence-electron chi connectivity index (χ4n) is 1.77. The van der Waals surface area contributed by atoms with Crippen molar-refractivity contribution in [3.05, 3.63) is 35.4 Å². The lowest BCUT2D eigenvalue weighted by atomic mass is 9.90. The van der Waals surface area contributed by atoms with Crippen molar-refractivity contribution in [3.8, 4) is 0 Å². The van der Waals surface area contributed by atoms with Crippen molar-refractivity contribution in [2.45, 2.75) is 47.2 Å². The van der Waals surface area contributed by atoms with Gasteiger partial charge in [0, 0.05) is 12.6 Å². The zero-order chi connectivity index (χ0) is 15.3. The molecule has 1 aromatic rings. The molecule has 1 rings (SSSR count). The second-order valence-corrected chi connectivity index (χ2v) is 5.92.